The Kier molecular flexibility index (Phi) is 4.79. The van der Waals surface area contributed by atoms with Crippen LogP contribution in [0.2, 0.25) is 0 Å². The number of rotatable bonds is 4. The Morgan fingerprint density at radius 3 is 2.75 bits per heavy atom. The summed E-state index contributed by atoms with van der Waals surface area (Å²) in [6, 6.07) is 8.29. The Balaban J connectivity index is 1.52. The van der Waals surface area contributed by atoms with Gasteiger partial charge in [0.15, 0.2) is 0 Å². The monoisotopic (exact) mass is 377 g/mol. The van der Waals surface area contributed by atoms with E-state index in [1.54, 1.807) is 0 Å². The Labute approximate surface area is 165 Å². The highest BCUT2D eigenvalue weighted by atomic mass is 16.2. The second-order valence-corrected chi connectivity index (χ2v) is 8.09. The van der Waals surface area contributed by atoms with E-state index in [0.717, 1.165) is 30.0 Å². The van der Waals surface area contributed by atoms with Gasteiger partial charge < -0.3 is 9.47 Å². The third-order valence-corrected chi connectivity index (χ3v) is 5.45. The van der Waals surface area contributed by atoms with Gasteiger partial charge in [-0.1, -0.05) is 13.8 Å². The fourth-order valence-electron chi connectivity index (χ4n) is 3.84. The van der Waals surface area contributed by atoms with Crippen LogP contribution in [0.5, 0.6) is 0 Å². The first-order valence-corrected chi connectivity index (χ1v) is 9.86. The van der Waals surface area contributed by atoms with Gasteiger partial charge in [-0.15, -0.1) is 0 Å². The third-order valence-electron chi connectivity index (χ3n) is 5.45. The number of carbonyl (C=O) groups excluding carboxylic acids is 1. The number of hydrogen-bond acceptors (Lipinski definition) is 3. The second kappa shape index (κ2) is 7.26. The number of aryl methyl sites for hydroxylation is 2. The number of pyridine rings is 1. The van der Waals surface area contributed by atoms with Crippen LogP contribution < -0.4 is 0 Å². The summed E-state index contributed by atoms with van der Waals surface area (Å²) in [5, 5.41) is 7.16. The van der Waals surface area contributed by atoms with Crippen LogP contribution >= 0.6 is 0 Å². The summed E-state index contributed by atoms with van der Waals surface area (Å²) >= 11 is 0. The summed E-state index contributed by atoms with van der Waals surface area (Å²) < 4.78 is 2.05. The van der Waals surface area contributed by atoms with E-state index in [1.807, 2.05) is 24.9 Å². The molecule has 3 aromatic heterocycles. The molecule has 3 aromatic rings. The SMILES string of the molecule is Cc1cc(-c2ccn(C)c2)cc(C2CCN(C(=O)c3cc(C(C)C)n[nH]3)C2)n1. The van der Waals surface area contributed by atoms with Gasteiger partial charge in [-0.3, -0.25) is 14.9 Å². The molecule has 1 saturated heterocycles. The lowest BCUT2D eigenvalue weighted by Gasteiger charge is -2.16. The van der Waals surface area contributed by atoms with Gasteiger partial charge in [0, 0.05) is 49.8 Å². The normalized spacial score (nSPS) is 16.9. The highest BCUT2D eigenvalue weighted by molar-refractivity contribution is 5.92. The molecule has 6 nitrogen and oxygen atoms in total. The Hall–Kier alpha value is -2.89. The minimum atomic E-state index is 0.0258. The summed E-state index contributed by atoms with van der Waals surface area (Å²) in [6.07, 6.45) is 5.10. The molecule has 0 radical (unpaired) electrons. The van der Waals surface area contributed by atoms with Gasteiger partial charge >= 0.3 is 0 Å². The lowest BCUT2D eigenvalue weighted by atomic mass is 10.00. The predicted octanol–water partition coefficient (Wildman–Crippen LogP) is 3.87. The number of aromatic amines is 1. The number of hydrogen-bond donors (Lipinski definition) is 1. The first kappa shape index (κ1) is 18.5. The number of carbonyl (C=O) groups is 1. The van der Waals surface area contributed by atoms with E-state index in [4.69, 9.17) is 4.98 Å². The summed E-state index contributed by atoms with van der Waals surface area (Å²) in [4.78, 5) is 19.5. The smallest absolute Gasteiger partial charge is 0.271 e. The Morgan fingerprint density at radius 1 is 1.25 bits per heavy atom. The quantitative estimate of drug-likeness (QED) is 0.750. The molecule has 28 heavy (non-hydrogen) atoms. The van der Waals surface area contributed by atoms with E-state index in [-0.39, 0.29) is 11.8 Å². The molecule has 4 heterocycles. The molecule has 0 aromatic carbocycles. The van der Waals surface area contributed by atoms with Crippen LogP contribution in [0.3, 0.4) is 0 Å². The zero-order valence-corrected chi connectivity index (χ0v) is 16.9. The van der Waals surface area contributed by atoms with Crippen molar-refractivity contribution in [2.24, 2.45) is 7.05 Å². The van der Waals surface area contributed by atoms with Gasteiger partial charge in [0.05, 0.1) is 5.69 Å². The molecule has 146 valence electrons. The average molecular weight is 377 g/mol. The van der Waals surface area contributed by atoms with E-state index in [1.165, 1.54) is 11.1 Å². The molecule has 1 amide bonds. The molecule has 0 aliphatic carbocycles. The zero-order chi connectivity index (χ0) is 19.8. The van der Waals surface area contributed by atoms with Crippen molar-refractivity contribution in [1.29, 1.82) is 0 Å². The van der Waals surface area contributed by atoms with Gasteiger partial charge in [-0.2, -0.15) is 5.10 Å². The van der Waals surface area contributed by atoms with Gasteiger partial charge in [0.25, 0.3) is 5.91 Å². The third kappa shape index (κ3) is 3.59. The maximum Gasteiger partial charge on any atom is 0.271 e. The maximum atomic E-state index is 12.8. The highest BCUT2D eigenvalue weighted by Crippen LogP contribution is 2.30. The van der Waals surface area contributed by atoms with Crippen molar-refractivity contribution in [3.63, 3.8) is 0 Å². The van der Waals surface area contributed by atoms with E-state index in [0.29, 0.717) is 18.2 Å². The zero-order valence-electron chi connectivity index (χ0n) is 16.9. The van der Waals surface area contributed by atoms with Crippen molar-refractivity contribution in [3.8, 4) is 11.1 Å². The van der Waals surface area contributed by atoms with E-state index in [2.05, 4.69) is 59.2 Å². The molecule has 1 atom stereocenters. The van der Waals surface area contributed by atoms with E-state index < -0.39 is 0 Å². The van der Waals surface area contributed by atoms with Gasteiger partial charge in [-0.05, 0) is 54.7 Å². The van der Waals surface area contributed by atoms with Crippen molar-refractivity contribution >= 4 is 5.91 Å². The molecule has 1 fully saturated rings. The van der Waals surface area contributed by atoms with Crippen LogP contribution in [0, 0.1) is 6.92 Å². The van der Waals surface area contributed by atoms with Gasteiger partial charge in [-0.25, -0.2) is 0 Å². The topological polar surface area (TPSA) is 66.8 Å². The summed E-state index contributed by atoms with van der Waals surface area (Å²) in [5.41, 5.74) is 5.96. The summed E-state index contributed by atoms with van der Waals surface area (Å²) in [7, 11) is 2.03. The van der Waals surface area contributed by atoms with Crippen LogP contribution in [0.1, 0.15) is 59.7 Å². The van der Waals surface area contributed by atoms with Crippen LogP contribution in [-0.4, -0.2) is 43.6 Å². The molecule has 6 heteroatoms. The lowest BCUT2D eigenvalue weighted by Crippen LogP contribution is -2.28. The molecule has 0 saturated carbocycles. The maximum absolute atomic E-state index is 12.8. The molecule has 0 bridgehead atoms. The number of amides is 1. The molecule has 1 N–H and O–H groups in total. The fraction of sp³-hybridized carbons (Fsp3) is 0.409. The predicted molar refractivity (Wildman–Crippen MR) is 109 cm³/mol. The van der Waals surface area contributed by atoms with Crippen molar-refractivity contribution in [1.82, 2.24) is 24.6 Å². The average Bonchev–Trinajstić information content (AvgIpc) is 3.40. The van der Waals surface area contributed by atoms with Gasteiger partial charge in [0.2, 0.25) is 0 Å². The minimum Gasteiger partial charge on any atom is -0.357 e. The largest absolute Gasteiger partial charge is 0.357 e. The van der Waals surface area contributed by atoms with Crippen molar-refractivity contribution < 1.29 is 4.79 Å². The van der Waals surface area contributed by atoms with Crippen molar-refractivity contribution in [3.05, 3.63) is 59.4 Å². The van der Waals surface area contributed by atoms with E-state index in [9.17, 15) is 4.79 Å². The van der Waals surface area contributed by atoms with Crippen LogP contribution in [-0.2, 0) is 7.05 Å². The fourth-order valence-corrected chi connectivity index (χ4v) is 3.84. The van der Waals surface area contributed by atoms with Crippen molar-refractivity contribution in [2.45, 2.75) is 39.0 Å². The molecule has 4 rings (SSSR count). The Morgan fingerprint density at radius 2 is 2.07 bits per heavy atom. The molecular formula is C22H27N5O. The number of aromatic nitrogens is 4. The number of nitrogens with one attached hydrogen (secondary N) is 1. The summed E-state index contributed by atoms with van der Waals surface area (Å²) in [5.74, 6) is 0.591. The standard InChI is InChI=1S/C22H27N5O/c1-14(2)19-11-21(25-24-19)22(28)27-8-6-17(13-27)20-10-18(9-15(3)23-20)16-5-7-26(4)12-16/h5,7,9-12,14,17H,6,8,13H2,1-4H3,(H,24,25). The highest BCUT2D eigenvalue weighted by Gasteiger charge is 2.30. The molecule has 1 aliphatic rings. The Bertz CT molecular complexity index is 1000. The molecular weight excluding hydrogens is 350 g/mol. The van der Waals surface area contributed by atoms with Crippen LogP contribution in [0.15, 0.2) is 36.7 Å². The van der Waals surface area contributed by atoms with Crippen LogP contribution in [0.25, 0.3) is 11.1 Å². The molecule has 1 unspecified atom stereocenters. The number of nitrogens with zero attached hydrogens (tertiary/aromatic N) is 4. The molecule has 1 aliphatic heterocycles. The van der Waals surface area contributed by atoms with Crippen LogP contribution in [0.4, 0.5) is 0 Å². The first-order valence-electron chi connectivity index (χ1n) is 9.86. The lowest BCUT2D eigenvalue weighted by molar-refractivity contribution is 0.0785. The number of likely N-dealkylation sites (tertiary alicyclic amines) is 1. The van der Waals surface area contributed by atoms with E-state index >= 15 is 0 Å². The second-order valence-electron chi connectivity index (χ2n) is 8.09. The summed E-state index contributed by atoms with van der Waals surface area (Å²) in [6.45, 7) is 7.62. The number of H-pyrrole nitrogens is 1. The van der Waals surface area contributed by atoms with Gasteiger partial charge in [0.1, 0.15) is 5.69 Å². The molecule has 0 spiro atoms. The first-order chi connectivity index (χ1) is 13.4. The minimum absolute atomic E-state index is 0.0258. The van der Waals surface area contributed by atoms with Crippen molar-refractivity contribution in [2.75, 3.05) is 13.1 Å².